The fourth-order valence-corrected chi connectivity index (χ4v) is 3.95. The lowest BCUT2D eigenvalue weighted by Crippen LogP contribution is -2.37. The number of phenolic OH excluding ortho intramolecular Hbond substituents is 2. The Morgan fingerprint density at radius 2 is 2.00 bits per heavy atom. The molecule has 1 aromatic carbocycles. The summed E-state index contributed by atoms with van der Waals surface area (Å²) in [7, 11) is 0. The zero-order chi connectivity index (χ0) is 16.2. The maximum atomic E-state index is 10.3. The monoisotopic (exact) mass is 317 g/mol. The van der Waals surface area contributed by atoms with Crippen LogP contribution in [0.2, 0.25) is 0 Å². The van der Waals surface area contributed by atoms with Gasteiger partial charge in [-0.15, -0.1) is 6.58 Å². The summed E-state index contributed by atoms with van der Waals surface area (Å²) < 4.78 is 6.40. The van der Waals surface area contributed by atoms with Crippen LogP contribution in [0, 0.1) is 5.92 Å². The highest BCUT2D eigenvalue weighted by atomic mass is 16.5. The van der Waals surface area contributed by atoms with E-state index in [1.54, 1.807) is 6.07 Å². The van der Waals surface area contributed by atoms with Crippen LogP contribution in [0.3, 0.4) is 0 Å². The number of aromatic hydroxyl groups is 2. The van der Waals surface area contributed by atoms with Crippen LogP contribution in [-0.4, -0.2) is 29.4 Å². The van der Waals surface area contributed by atoms with Crippen LogP contribution in [0.15, 0.2) is 24.8 Å². The molecule has 1 fully saturated rings. The van der Waals surface area contributed by atoms with Gasteiger partial charge >= 0.3 is 0 Å². The summed E-state index contributed by atoms with van der Waals surface area (Å²) in [6.45, 7) is 5.14. The van der Waals surface area contributed by atoms with Crippen molar-refractivity contribution in [3.05, 3.63) is 35.9 Å². The number of benzene rings is 1. The van der Waals surface area contributed by atoms with Crippen LogP contribution < -0.4 is 5.32 Å². The van der Waals surface area contributed by atoms with Crippen molar-refractivity contribution in [2.45, 2.75) is 50.7 Å². The van der Waals surface area contributed by atoms with E-state index in [-0.39, 0.29) is 23.7 Å². The Kier molecular flexibility index (Phi) is 5.23. The molecule has 23 heavy (non-hydrogen) atoms. The first-order chi connectivity index (χ1) is 11.2. The average molecular weight is 317 g/mol. The quantitative estimate of drug-likeness (QED) is 0.442. The summed E-state index contributed by atoms with van der Waals surface area (Å²) in [5.74, 6) is 0.548. The SMILES string of the molecule is C=CCNC[C@@H]1OC(C2CCCCC2)Cc2c1ccc(O)c2O. The maximum absolute atomic E-state index is 10.3. The molecule has 1 aliphatic carbocycles. The van der Waals surface area contributed by atoms with Gasteiger partial charge in [-0.1, -0.05) is 31.4 Å². The van der Waals surface area contributed by atoms with E-state index < -0.39 is 0 Å². The Labute approximate surface area is 138 Å². The van der Waals surface area contributed by atoms with Gasteiger partial charge in [0.1, 0.15) is 0 Å². The van der Waals surface area contributed by atoms with E-state index in [4.69, 9.17) is 4.74 Å². The molecule has 1 heterocycles. The molecule has 1 saturated carbocycles. The number of phenols is 2. The fraction of sp³-hybridized carbons (Fsp3) is 0.579. The highest BCUT2D eigenvalue weighted by Crippen LogP contribution is 2.43. The van der Waals surface area contributed by atoms with Gasteiger partial charge in [0.2, 0.25) is 0 Å². The Bertz CT molecular complexity index is 552. The predicted molar refractivity (Wildman–Crippen MR) is 90.7 cm³/mol. The van der Waals surface area contributed by atoms with Gasteiger partial charge in [0, 0.05) is 25.1 Å². The smallest absolute Gasteiger partial charge is 0.161 e. The summed E-state index contributed by atoms with van der Waals surface area (Å²) in [6, 6.07) is 3.43. The third kappa shape index (κ3) is 3.54. The van der Waals surface area contributed by atoms with Crippen molar-refractivity contribution in [1.29, 1.82) is 0 Å². The third-order valence-electron chi connectivity index (χ3n) is 5.18. The first-order valence-electron chi connectivity index (χ1n) is 8.71. The number of nitrogens with one attached hydrogen (secondary N) is 1. The lowest BCUT2D eigenvalue weighted by atomic mass is 9.80. The summed E-state index contributed by atoms with van der Waals surface area (Å²) in [6.07, 6.45) is 8.82. The number of hydrogen-bond acceptors (Lipinski definition) is 4. The minimum absolute atomic E-state index is 0.0281. The Balaban J connectivity index is 1.84. The molecule has 0 saturated heterocycles. The molecular weight excluding hydrogens is 290 g/mol. The summed E-state index contributed by atoms with van der Waals surface area (Å²) in [5, 5.41) is 23.5. The molecule has 0 radical (unpaired) electrons. The lowest BCUT2D eigenvalue weighted by molar-refractivity contribution is -0.0623. The van der Waals surface area contributed by atoms with E-state index in [1.165, 1.54) is 32.1 Å². The van der Waals surface area contributed by atoms with Crippen LogP contribution in [0.4, 0.5) is 0 Å². The van der Waals surface area contributed by atoms with E-state index in [9.17, 15) is 10.2 Å². The zero-order valence-electron chi connectivity index (χ0n) is 13.6. The van der Waals surface area contributed by atoms with Crippen molar-refractivity contribution in [3.8, 4) is 11.5 Å². The minimum atomic E-state index is -0.0860. The van der Waals surface area contributed by atoms with Crippen molar-refractivity contribution >= 4 is 0 Å². The van der Waals surface area contributed by atoms with E-state index in [2.05, 4.69) is 11.9 Å². The molecule has 3 N–H and O–H groups in total. The molecular formula is C19H27NO3. The first kappa shape index (κ1) is 16.3. The van der Waals surface area contributed by atoms with Gasteiger partial charge in [0.15, 0.2) is 11.5 Å². The van der Waals surface area contributed by atoms with Crippen molar-refractivity contribution in [1.82, 2.24) is 5.32 Å². The number of ether oxygens (including phenoxy) is 1. The molecule has 3 rings (SSSR count). The topological polar surface area (TPSA) is 61.7 Å². The van der Waals surface area contributed by atoms with Gasteiger partial charge in [0.25, 0.3) is 0 Å². The Hall–Kier alpha value is -1.52. The van der Waals surface area contributed by atoms with Gasteiger partial charge in [-0.25, -0.2) is 0 Å². The molecule has 2 aliphatic rings. The summed E-state index contributed by atoms with van der Waals surface area (Å²) in [4.78, 5) is 0. The maximum Gasteiger partial charge on any atom is 0.161 e. The van der Waals surface area contributed by atoms with Gasteiger partial charge in [-0.05, 0) is 30.4 Å². The van der Waals surface area contributed by atoms with Crippen molar-refractivity contribution in [2.24, 2.45) is 5.92 Å². The van der Waals surface area contributed by atoms with E-state index >= 15 is 0 Å². The van der Waals surface area contributed by atoms with E-state index in [0.717, 1.165) is 17.7 Å². The molecule has 0 spiro atoms. The van der Waals surface area contributed by atoms with E-state index in [0.29, 0.717) is 18.9 Å². The normalized spacial score (nSPS) is 25.0. The second-order valence-corrected chi connectivity index (χ2v) is 6.71. The fourth-order valence-electron chi connectivity index (χ4n) is 3.95. The van der Waals surface area contributed by atoms with Crippen LogP contribution in [0.25, 0.3) is 0 Å². The summed E-state index contributed by atoms with van der Waals surface area (Å²) in [5.41, 5.74) is 1.85. The van der Waals surface area contributed by atoms with Crippen molar-refractivity contribution in [3.63, 3.8) is 0 Å². The van der Waals surface area contributed by atoms with Gasteiger partial charge < -0.3 is 20.3 Å². The molecule has 0 bridgehead atoms. The second-order valence-electron chi connectivity index (χ2n) is 6.71. The van der Waals surface area contributed by atoms with Gasteiger partial charge in [-0.3, -0.25) is 0 Å². The molecule has 1 aliphatic heterocycles. The highest BCUT2D eigenvalue weighted by molar-refractivity contribution is 5.51. The Morgan fingerprint density at radius 1 is 1.22 bits per heavy atom. The molecule has 1 aromatic rings. The number of hydrogen-bond donors (Lipinski definition) is 3. The van der Waals surface area contributed by atoms with Crippen LogP contribution >= 0.6 is 0 Å². The molecule has 1 unspecified atom stereocenters. The lowest BCUT2D eigenvalue weighted by Gasteiger charge is -2.38. The largest absolute Gasteiger partial charge is 0.504 e. The van der Waals surface area contributed by atoms with Gasteiger partial charge in [0.05, 0.1) is 12.2 Å². The van der Waals surface area contributed by atoms with E-state index in [1.807, 2.05) is 12.1 Å². The van der Waals surface area contributed by atoms with Crippen LogP contribution in [0.1, 0.15) is 49.3 Å². The number of rotatable bonds is 5. The third-order valence-corrected chi connectivity index (χ3v) is 5.18. The average Bonchev–Trinajstić information content (AvgIpc) is 2.59. The molecule has 126 valence electrons. The molecule has 4 heteroatoms. The molecule has 2 atom stereocenters. The van der Waals surface area contributed by atoms with Gasteiger partial charge in [-0.2, -0.15) is 0 Å². The molecule has 4 nitrogen and oxygen atoms in total. The second kappa shape index (κ2) is 7.37. The van der Waals surface area contributed by atoms with Crippen LogP contribution in [0.5, 0.6) is 11.5 Å². The molecule has 0 amide bonds. The van der Waals surface area contributed by atoms with Crippen molar-refractivity contribution in [2.75, 3.05) is 13.1 Å². The minimum Gasteiger partial charge on any atom is -0.504 e. The highest BCUT2D eigenvalue weighted by Gasteiger charge is 2.34. The first-order valence-corrected chi connectivity index (χ1v) is 8.71. The Morgan fingerprint density at radius 3 is 2.74 bits per heavy atom. The summed E-state index contributed by atoms with van der Waals surface area (Å²) >= 11 is 0. The zero-order valence-corrected chi connectivity index (χ0v) is 13.6. The predicted octanol–water partition coefficient (Wildman–Crippen LogP) is 3.44. The number of fused-ring (bicyclic) bond motifs is 1. The van der Waals surface area contributed by atoms with Crippen molar-refractivity contribution < 1.29 is 14.9 Å². The van der Waals surface area contributed by atoms with Crippen LogP contribution in [-0.2, 0) is 11.2 Å². The standard InChI is InChI=1S/C19H27NO3/c1-2-10-20-12-18-14-8-9-16(21)19(22)15(14)11-17(23-18)13-6-4-3-5-7-13/h2,8-9,13,17-18,20-22H,1,3-7,10-12H2/t17?,18-/m0/s1. The molecule has 0 aromatic heterocycles.